The van der Waals surface area contributed by atoms with Crippen LogP contribution < -0.4 is 5.46 Å². The number of Topliss-reactive ketones (excluding diaryl/α,β-unsaturated/α-hetero) is 2. The van der Waals surface area contributed by atoms with E-state index in [0.717, 1.165) is 0 Å². The predicted molar refractivity (Wildman–Crippen MR) is 57.0 cm³/mol. The first-order valence-electron chi connectivity index (χ1n) is 5.09. The Morgan fingerprint density at radius 1 is 0.905 bits per heavy atom. The van der Waals surface area contributed by atoms with Gasteiger partial charge in [0.05, 0.1) is 0 Å². The first kappa shape index (κ1) is 17.2. The minimum atomic E-state index is -5.36. The molecule has 4 nitrogen and oxygen atoms in total. The molecule has 0 saturated carbocycles. The highest BCUT2D eigenvalue weighted by Crippen LogP contribution is 2.24. The second-order valence-electron chi connectivity index (χ2n) is 3.83. The fraction of sp³-hybridized carbons (Fsp3) is 0.200. The molecule has 0 spiro atoms. The van der Waals surface area contributed by atoms with Crippen LogP contribution in [0.1, 0.15) is 20.7 Å². The van der Waals surface area contributed by atoms with Gasteiger partial charge in [0.25, 0.3) is 11.6 Å². The Hall–Kier alpha value is -1.88. The van der Waals surface area contributed by atoms with Crippen molar-refractivity contribution >= 4 is 24.1 Å². The van der Waals surface area contributed by atoms with E-state index in [-0.39, 0.29) is 12.1 Å². The Kier molecular flexibility index (Phi) is 4.49. The molecular weight excluding hydrogens is 309 g/mol. The molecule has 0 radical (unpaired) electrons. The third-order valence-electron chi connectivity index (χ3n) is 2.35. The molecule has 0 aliphatic carbocycles. The maximum Gasteiger partial charge on any atom is 0.489 e. The van der Waals surface area contributed by atoms with E-state index in [2.05, 4.69) is 0 Å². The lowest BCUT2D eigenvalue weighted by Crippen LogP contribution is -2.39. The van der Waals surface area contributed by atoms with Crippen LogP contribution in [0.5, 0.6) is 0 Å². The second kappa shape index (κ2) is 5.49. The maximum atomic E-state index is 12.3. The fourth-order valence-corrected chi connectivity index (χ4v) is 1.44. The van der Waals surface area contributed by atoms with E-state index < -0.39 is 47.6 Å². The van der Waals surface area contributed by atoms with E-state index in [1.165, 1.54) is 0 Å². The number of benzene rings is 1. The molecule has 2 N–H and O–H groups in total. The number of halogens is 6. The van der Waals surface area contributed by atoms with Crippen LogP contribution in [0.2, 0.25) is 0 Å². The van der Waals surface area contributed by atoms with Gasteiger partial charge in [-0.05, 0) is 5.46 Å². The van der Waals surface area contributed by atoms with E-state index in [1.54, 1.807) is 0 Å². The lowest BCUT2D eigenvalue weighted by atomic mass is 9.75. The van der Waals surface area contributed by atoms with Gasteiger partial charge in [0, 0.05) is 11.1 Å². The van der Waals surface area contributed by atoms with Crippen LogP contribution >= 0.6 is 0 Å². The maximum absolute atomic E-state index is 12.3. The molecule has 0 aliphatic heterocycles. The molecule has 0 bridgehead atoms. The zero-order valence-corrected chi connectivity index (χ0v) is 9.79. The topological polar surface area (TPSA) is 74.6 Å². The van der Waals surface area contributed by atoms with E-state index in [9.17, 15) is 35.9 Å². The molecule has 0 amide bonds. The monoisotopic (exact) mass is 314 g/mol. The molecule has 1 aromatic carbocycles. The van der Waals surface area contributed by atoms with E-state index in [4.69, 9.17) is 10.0 Å². The summed E-state index contributed by atoms with van der Waals surface area (Å²) < 4.78 is 73.4. The van der Waals surface area contributed by atoms with Gasteiger partial charge in [-0.25, -0.2) is 0 Å². The summed E-state index contributed by atoms with van der Waals surface area (Å²) in [6, 6.07) is 0.809. The number of hydrogen-bond acceptors (Lipinski definition) is 4. The van der Waals surface area contributed by atoms with Crippen molar-refractivity contribution in [2.24, 2.45) is 0 Å². The van der Waals surface area contributed by atoms with Crippen LogP contribution in [0.25, 0.3) is 0 Å². The molecule has 0 heterocycles. The molecule has 0 aliphatic rings. The van der Waals surface area contributed by atoms with Crippen molar-refractivity contribution in [3.05, 3.63) is 29.3 Å². The summed E-state index contributed by atoms with van der Waals surface area (Å²) in [6.45, 7) is 0. The molecule has 1 rings (SSSR count). The van der Waals surface area contributed by atoms with Gasteiger partial charge in [0.15, 0.2) is 0 Å². The Labute approximate surface area is 113 Å². The summed E-state index contributed by atoms with van der Waals surface area (Å²) in [5.41, 5.74) is -3.52. The van der Waals surface area contributed by atoms with Crippen molar-refractivity contribution in [1.29, 1.82) is 0 Å². The van der Waals surface area contributed by atoms with Crippen LogP contribution in [0.3, 0.4) is 0 Å². The van der Waals surface area contributed by atoms with Gasteiger partial charge in [-0.2, -0.15) is 26.3 Å². The first-order valence-corrected chi connectivity index (χ1v) is 5.09. The quantitative estimate of drug-likeness (QED) is 0.493. The molecule has 0 aromatic heterocycles. The van der Waals surface area contributed by atoms with Gasteiger partial charge in [-0.15, -0.1) is 0 Å². The first-order chi connectivity index (χ1) is 9.35. The van der Waals surface area contributed by atoms with Gasteiger partial charge in [-0.1, -0.05) is 18.2 Å². The third kappa shape index (κ3) is 3.82. The third-order valence-corrected chi connectivity index (χ3v) is 2.35. The summed E-state index contributed by atoms with van der Waals surface area (Å²) in [5, 5.41) is 17.7. The number of carbonyl (C=O) groups is 2. The number of carbonyl (C=O) groups excluding carboxylic acids is 2. The molecule has 0 atom stereocenters. The second-order valence-corrected chi connectivity index (χ2v) is 3.83. The number of alkyl halides is 6. The van der Waals surface area contributed by atoms with Crippen LogP contribution in [-0.4, -0.2) is 41.1 Å². The highest BCUT2D eigenvalue weighted by Gasteiger charge is 2.43. The lowest BCUT2D eigenvalue weighted by molar-refractivity contribution is -0.0890. The molecule has 114 valence electrons. The molecule has 11 heteroatoms. The molecule has 0 unspecified atom stereocenters. The van der Waals surface area contributed by atoms with Gasteiger partial charge in [0.2, 0.25) is 0 Å². The van der Waals surface area contributed by atoms with Gasteiger partial charge in [-0.3, -0.25) is 9.59 Å². The summed E-state index contributed by atoms with van der Waals surface area (Å²) >= 11 is 0. The SMILES string of the molecule is O=C(c1ccc(C(=O)C(F)(F)F)c(B(O)O)c1)C(F)(F)F. The van der Waals surface area contributed by atoms with Gasteiger partial charge >= 0.3 is 19.5 Å². The van der Waals surface area contributed by atoms with Crippen molar-refractivity contribution in [3.63, 3.8) is 0 Å². The van der Waals surface area contributed by atoms with E-state index in [0.29, 0.717) is 6.07 Å². The minimum absolute atomic E-state index is 0.180. The Bertz CT molecular complexity index is 578. The largest absolute Gasteiger partial charge is 0.489 e. The van der Waals surface area contributed by atoms with Crippen LogP contribution in [-0.2, 0) is 0 Å². The molecule has 0 saturated heterocycles. The standard InChI is InChI=1S/C10H5BF6O4/c12-9(13,14)7(18)4-1-2-5(6(3-4)11(20)21)8(19)10(15,16)17/h1-3,20-21H. The molecule has 0 fully saturated rings. The fourth-order valence-electron chi connectivity index (χ4n) is 1.44. The molecular formula is C10H5BF6O4. The summed E-state index contributed by atoms with van der Waals surface area (Å²) in [6.07, 6.45) is -10.7. The van der Waals surface area contributed by atoms with E-state index in [1.807, 2.05) is 0 Å². The number of ketones is 2. The Balaban J connectivity index is 3.40. The average molecular weight is 314 g/mol. The normalized spacial score (nSPS) is 12.2. The highest BCUT2D eigenvalue weighted by molar-refractivity contribution is 6.60. The zero-order chi connectivity index (χ0) is 16.6. The van der Waals surface area contributed by atoms with Crippen molar-refractivity contribution in [2.45, 2.75) is 12.4 Å². The summed E-state index contributed by atoms with van der Waals surface area (Å²) in [5.74, 6) is -4.87. The molecule has 21 heavy (non-hydrogen) atoms. The zero-order valence-electron chi connectivity index (χ0n) is 9.79. The van der Waals surface area contributed by atoms with Crippen molar-refractivity contribution in [1.82, 2.24) is 0 Å². The van der Waals surface area contributed by atoms with E-state index >= 15 is 0 Å². The van der Waals surface area contributed by atoms with Crippen LogP contribution in [0.15, 0.2) is 18.2 Å². The Morgan fingerprint density at radius 2 is 1.38 bits per heavy atom. The van der Waals surface area contributed by atoms with Crippen molar-refractivity contribution < 1.29 is 46.0 Å². The smallest absolute Gasteiger partial charge is 0.423 e. The summed E-state index contributed by atoms with van der Waals surface area (Å²) in [4.78, 5) is 21.9. The average Bonchev–Trinajstić information content (AvgIpc) is 2.34. The van der Waals surface area contributed by atoms with Crippen LogP contribution in [0.4, 0.5) is 26.3 Å². The lowest BCUT2D eigenvalue weighted by Gasteiger charge is -2.12. The highest BCUT2D eigenvalue weighted by atomic mass is 19.4. The summed E-state index contributed by atoms with van der Waals surface area (Å²) in [7, 11) is -2.66. The molecule has 1 aromatic rings. The van der Waals surface area contributed by atoms with Gasteiger partial charge in [0.1, 0.15) is 0 Å². The predicted octanol–water partition coefficient (Wildman–Crippen LogP) is 0.856. The van der Waals surface area contributed by atoms with Crippen molar-refractivity contribution in [2.75, 3.05) is 0 Å². The Morgan fingerprint density at radius 3 is 1.76 bits per heavy atom. The van der Waals surface area contributed by atoms with Crippen LogP contribution in [0, 0.1) is 0 Å². The number of rotatable bonds is 3. The minimum Gasteiger partial charge on any atom is -0.423 e. The van der Waals surface area contributed by atoms with Crippen molar-refractivity contribution in [3.8, 4) is 0 Å². The van der Waals surface area contributed by atoms with Gasteiger partial charge < -0.3 is 10.0 Å². The number of hydrogen-bond donors (Lipinski definition) is 2.